The molecular formula is C25H28N2O7. The van der Waals surface area contributed by atoms with E-state index in [0.717, 1.165) is 0 Å². The van der Waals surface area contributed by atoms with E-state index in [1.54, 1.807) is 36.4 Å². The summed E-state index contributed by atoms with van der Waals surface area (Å²) in [5.74, 6) is 1.33. The van der Waals surface area contributed by atoms with Gasteiger partial charge < -0.3 is 29.0 Å². The zero-order valence-electron chi connectivity index (χ0n) is 19.7. The van der Waals surface area contributed by atoms with E-state index < -0.39 is 11.8 Å². The maximum Gasteiger partial charge on any atom is 0.278 e. The lowest BCUT2D eigenvalue weighted by atomic mass is 10.0. The minimum absolute atomic E-state index is 0.0126. The van der Waals surface area contributed by atoms with Crippen LogP contribution in [0.15, 0.2) is 42.1 Å². The fourth-order valence-corrected chi connectivity index (χ4v) is 3.80. The van der Waals surface area contributed by atoms with Crippen molar-refractivity contribution in [2.45, 2.75) is 20.0 Å². The number of hydrogen-bond acceptors (Lipinski definition) is 8. The van der Waals surface area contributed by atoms with Crippen LogP contribution < -0.4 is 24.3 Å². The van der Waals surface area contributed by atoms with Crippen LogP contribution in [0.2, 0.25) is 0 Å². The van der Waals surface area contributed by atoms with Crippen LogP contribution in [0.5, 0.6) is 23.0 Å². The van der Waals surface area contributed by atoms with Crippen LogP contribution in [0.1, 0.15) is 19.4 Å². The van der Waals surface area contributed by atoms with Crippen molar-refractivity contribution < 1.29 is 33.3 Å². The van der Waals surface area contributed by atoms with Crippen molar-refractivity contribution in [3.8, 4) is 23.0 Å². The molecule has 0 aromatic heterocycles. The smallest absolute Gasteiger partial charge is 0.278 e. The number of hydrogen-bond donors (Lipinski definition) is 1. The summed E-state index contributed by atoms with van der Waals surface area (Å²) in [4.78, 5) is 28.0. The minimum atomic E-state index is -0.433. The molecule has 2 aromatic rings. The van der Waals surface area contributed by atoms with E-state index in [2.05, 4.69) is 5.32 Å². The summed E-state index contributed by atoms with van der Waals surface area (Å²) in [6, 6.07) is 10.4. The molecule has 0 atom stereocenters. The Morgan fingerprint density at radius 2 is 1.68 bits per heavy atom. The summed E-state index contributed by atoms with van der Waals surface area (Å²) in [5, 5.41) is 3.13. The lowest BCUT2D eigenvalue weighted by Crippen LogP contribution is -2.35. The van der Waals surface area contributed by atoms with Crippen LogP contribution in [0, 0.1) is 0 Å². The highest BCUT2D eigenvalue weighted by atomic mass is 16.6. The van der Waals surface area contributed by atoms with Gasteiger partial charge in [0.25, 0.3) is 11.8 Å². The summed E-state index contributed by atoms with van der Waals surface area (Å²) in [5.41, 5.74) is 1.53. The molecule has 2 aliphatic rings. The highest BCUT2D eigenvalue weighted by Gasteiger charge is 2.39. The number of carbonyl (C=O) groups is 2. The van der Waals surface area contributed by atoms with E-state index in [-0.39, 0.29) is 30.5 Å². The molecule has 0 fully saturated rings. The highest BCUT2D eigenvalue weighted by molar-refractivity contribution is 6.36. The van der Waals surface area contributed by atoms with Crippen LogP contribution >= 0.6 is 0 Å². The molecule has 180 valence electrons. The van der Waals surface area contributed by atoms with E-state index in [1.165, 1.54) is 19.1 Å². The lowest BCUT2D eigenvalue weighted by Gasteiger charge is -2.19. The molecule has 0 aliphatic carbocycles. The van der Waals surface area contributed by atoms with Gasteiger partial charge in [0.05, 0.1) is 39.0 Å². The number of amides is 2. The van der Waals surface area contributed by atoms with Gasteiger partial charge in [-0.3, -0.25) is 14.5 Å². The lowest BCUT2D eigenvalue weighted by molar-refractivity contribution is -0.137. The van der Waals surface area contributed by atoms with E-state index in [4.69, 9.17) is 23.7 Å². The first-order chi connectivity index (χ1) is 16.4. The predicted molar refractivity (Wildman–Crippen MR) is 125 cm³/mol. The number of methoxy groups -OCH3 is 2. The number of nitrogens with one attached hydrogen (secondary N) is 1. The molecule has 0 bridgehead atoms. The van der Waals surface area contributed by atoms with Crippen molar-refractivity contribution in [3.05, 3.63) is 47.7 Å². The Kier molecular flexibility index (Phi) is 6.93. The molecule has 0 saturated carbocycles. The Morgan fingerprint density at radius 1 is 0.941 bits per heavy atom. The molecule has 0 saturated heterocycles. The second-order valence-electron chi connectivity index (χ2n) is 7.98. The summed E-state index contributed by atoms with van der Waals surface area (Å²) in [6.07, 6.45) is -0.0126. The Morgan fingerprint density at radius 3 is 2.38 bits per heavy atom. The standard InChI is InChI=1S/C25H28N2O7/c1-15(2)32-10-9-27-24(28)22(16-5-7-18(30-3)20(13-16)31-4)23(25(27)29)26-17-6-8-19-21(14-17)34-12-11-33-19/h5-8,13-15,26H,9-12H2,1-4H3. The molecule has 2 amide bonds. The molecule has 34 heavy (non-hydrogen) atoms. The van der Waals surface area contributed by atoms with Crippen LogP contribution in [0.25, 0.3) is 5.57 Å². The third-order valence-corrected chi connectivity index (χ3v) is 5.42. The monoisotopic (exact) mass is 468 g/mol. The van der Waals surface area contributed by atoms with E-state index in [0.29, 0.717) is 47.5 Å². The molecule has 9 nitrogen and oxygen atoms in total. The molecule has 0 spiro atoms. The van der Waals surface area contributed by atoms with Crippen LogP contribution in [-0.2, 0) is 14.3 Å². The van der Waals surface area contributed by atoms with Gasteiger partial charge in [-0.1, -0.05) is 6.07 Å². The van der Waals surface area contributed by atoms with Crippen molar-refractivity contribution in [1.29, 1.82) is 0 Å². The SMILES string of the molecule is COc1ccc(C2=C(Nc3ccc4c(c3)OCCO4)C(=O)N(CCOC(C)C)C2=O)cc1OC. The second-order valence-corrected chi connectivity index (χ2v) is 7.98. The second kappa shape index (κ2) is 10.0. The number of carbonyl (C=O) groups excluding carboxylic acids is 2. The Balaban J connectivity index is 1.71. The summed E-state index contributed by atoms with van der Waals surface area (Å²) in [7, 11) is 3.05. The van der Waals surface area contributed by atoms with Crippen molar-refractivity contribution in [3.63, 3.8) is 0 Å². The first-order valence-electron chi connectivity index (χ1n) is 11.0. The van der Waals surface area contributed by atoms with Gasteiger partial charge in [0.15, 0.2) is 23.0 Å². The molecule has 9 heteroatoms. The Labute approximate surface area is 198 Å². The molecule has 2 aliphatic heterocycles. The van der Waals surface area contributed by atoms with Gasteiger partial charge in [-0.05, 0) is 43.7 Å². The number of anilines is 1. The highest BCUT2D eigenvalue weighted by Crippen LogP contribution is 2.37. The van der Waals surface area contributed by atoms with Crippen molar-refractivity contribution in [1.82, 2.24) is 4.90 Å². The third-order valence-electron chi connectivity index (χ3n) is 5.42. The van der Waals surface area contributed by atoms with Gasteiger partial charge in [0, 0.05) is 11.8 Å². The maximum absolute atomic E-state index is 13.4. The van der Waals surface area contributed by atoms with Crippen LogP contribution in [0.4, 0.5) is 5.69 Å². The van der Waals surface area contributed by atoms with E-state index in [9.17, 15) is 9.59 Å². The van der Waals surface area contributed by atoms with Gasteiger partial charge in [-0.2, -0.15) is 0 Å². The molecule has 2 aromatic carbocycles. The Hall–Kier alpha value is -3.72. The van der Waals surface area contributed by atoms with Gasteiger partial charge in [-0.15, -0.1) is 0 Å². The van der Waals surface area contributed by atoms with Crippen LogP contribution in [0.3, 0.4) is 0 Å². The zero-order valence-corrected chi connectivity index (χ0v) is 19.7. The van der Waals surface area contributed by atoms with E-state index in [1.807, 2.05) is 13.8 Å². The number of fused-ring (bicyclic) bond motifs is 1. The zero-order chi connectivity index (χ0) is 24.2. The van der Waals surface area contributed by atoms with E-state index >= 15 is 0 Å². The number of rotatable bonds is 9. The van der Waals surface area contributed by atoms with Crippen molar-refractivity contribution in [2.75, 3.05) is 45.9 Å². The Bertz CT molecular complexity index is 1130. The van der Waals surface area contributed by atoms with Crippen molar-refractivity contribution in [2.24, 2.45) is 0 Å². The number of benzene rings is 2. The molecule has 0 radical (unpaired) electrons. The topological polar surface area (TPSA) is 95.6 Å². The quantitative estimate of drug-likeness (QED) is 0.561. The maximum atomic E-state index is 13.4. The van der Waals surface area contributed by atoms with Gasteiger partial charge in [-0.25, -0.2) is 0 Å². The fourth-order valence-electron chi connectivity index (χ4n) is 3.80. The van der Waals surface area contributed by atoms with Gasteiger partial charge in [0.2, 0.25) is 0 Å². The molecule has 1 N–H and O–H groups in total. The number of nitrogens with zero attached hydrogens (tertiary/aromatic N) is 1. The fraction of sp³-hybridized carbons (Fsp3) is 0.360. The predicted octanol–water partition coefficient (Wildman–Crippen LogP) is 3.09. The first-order valence-corrected chi connectivity index (χ1v) is 11.0. The largest absolute Gasteiger partial charge is 0.493 e. The van der Waals surface area contributed by atoms with Gasteiger partial charge in [0.1, 0.15) is 18.9 Å². The average molecular weight is 469 g/mol. The molecular weight excluding hydrogens is 440 g/mol. The van der Waals surface area contributed by atoms with Crippen molar-refractivity contribution >= 4 is 23.1 Å². The normalized spacial score (nSPS) is 15.3. The summed E-state index contributed by atoms with van der Waals surface area (Å²) < 4.78 is 27.5. The molecule has 0 unspecified atom stereocenters. The van der Waals surface area contributed by atoms with Crippen LogP contribution in [-0.4, -0.2) is 63.4 Å². The third kappa shape index (κ3) is 4.65. The number of imide groups is 1. The number of ether oxygens (including phenoxy) is 5. The summed E-state index contributed by atoms with van der Waals surface area (Å²) in [6.45, 7) is 5.10. The molecule has 2 heterocycles. The summed E-state index contributed by atoms with van der Waals surface area (Å²) >= 11 is 0. The minimum Gasteiger partial charge on any atom is -0.493 e. The van der Waals surface area contributed by atoms with Gasteiger partial charge >= 0.3 is 0 Å². The molecule has 4 rings (SSSR count). The first kappa shape index (κ1) is 23.4. The average Bonchev–Trinajstić information content (AvgIpc) is 3.07.